The molecule has 0 atom stereocenters. The van der Waals surface area contributed by atoms with Gasteiger partial charge in [0.1, 0.15) is 0 Å². The Morgan fingerprint density at radius 1 is 1.78 bits per heavy atom. The van der Waals surface area contributed by atoms with Gasteiger partial charge in [0.05, 0.1) is 5.04 Å². The summed E-state index contributed by atoms with van der Waals surface area (Å²) >= 11 is 1.63. The van der Waals surface area contributed by atoms with Crippen LogP contribution in [0.15, 0.2) is 17.9 Å². The van der Waals surface area contributed by atoms with E-state index < -0.39 is 0 Å². The molecule has 0 spiro atoms. The maximum absolute atomic E-state index is 4.11. The molecule has 0 saturated heterocycles. The fourth-order valence-electron chi connectivity index (χ4n) is 0.304. The Labute approximate surface area is 60.6 Å². The molecule has 0 amide bonds. The van der Waals surface area contributed by atoms with Crippen molar-refractivity contribution in [2.75, 3.05) is 13.3 Å². The van der Waals surface area contributed by atoms with E-state index >= 15 is 0 Å². The first-order valence-corrected chi connectivity index (χ1v) is 3.87. The van der Waals surface area contributed by atoms with E-state index in [9.17, 15) is 0 Å². The summed E-state index contributed by atoms with van der Waals surface area (Å²) in [6.07, 6.45) is 3.66. The number of nitrogens with zero attached hydrogens (tertiary/aromatic N) is 2. The van der Waals surface area contributed by atoms with E-state index in [-0.39, 0.29) is 0 Å². The Morgan fingerprint density at radius 3 is 2.67 bits per heavy atom. The van der Waals surface area contributed by atoms with Gasteiger partial charge in [0.2, 0.25) is 0 Å². The predicted molar refractivity (Wildman–Crippen MR) is 44.6 cm³/mol. The van der Waals surface area contributed by atoms with Gasteiger partial charge in [0.25, 0.3) is 0 Å². The van der Waals surface area contributed by atoms with Crippen LogP contribution in [0.3, 0.4) is 0 Å². The van der Waals surface area contributed by atoms with E-state index in [2.05, 4.69) is 11.7 Å². The van der Waals surface area contributed by atoms with Crippen LogP contribution in [0.5, 0.6) is 0 Å². The van der Waals surface area contributed by atoms with Crippen LogP contribution in [0.2, 0.25) is 0 Å². The Balaban J connectivity index is 3.78. The molecule has 0 heterocycles. The minimum atomic E-state index is 1.04. The summed E-state index contributed by atoms with van der Waals surface area (Å²) in [7, 11) is 1.85. The van der Waals surface area contributed by atoms with Gasteiger partial charge < -0.3 is 0 Å². The lowest BCUT2D eigenvalue weighted by Gasteiger charge is -2.05. The van der Waals surface area contributed by atoms with E-state index in [1.165, 1.54) is 0 Å². The molecule has 9 heavy (non-hydrogen) atoms. The van der Waals surface area contributed by atoms with Gasteiger partial charge in [-0.05, 0) is 13.2 Å². The molecule has 0 aliphatic carbocycles. The zero-order valence-corrected chi connectivity index (χ0v) is 6.90. The van der Waals surface area contributed by atoms with E-state index in [0.29, 0.717) is 0 Å². The molecule has 0 unspecified atom stereocenters. The van der Waals surface area contributed by atoms with Crippen molar-refractivity contribution in [1.82, 2.24) is 5.01 Å². The Morgan fingerprint density at radius 2 is 2.33 bits per heavy atom. The number of thioether (sulfide) groups is 1. The van der Waals surface area contributed by atoms with Crippen molar-refractivity contribution in [3.63, 3.8) is 0 Å². The minimum Gasteiger partial charge on any atom is -0.276 e. The molecule has 2 nitrogen and oxygen atoms in total. The van der Waals surface area contributed by atoms with Crippen LogP contribution in [0, 0.1) is 0 Å². The molecule has 3 heteroatoms. The molecule has 0 saturated carbocycles. The maximum Gasteiger partial charge on any atom is 0.0903 e. The van der Waals surface area contributed by atoms with Gasteiger partial charge in [-0.25, -0.2) is 0 Å². The normalized spacial score (nSPS) is 11.2. The first-order valence-electron chi connectivity index (χ1n) is 2.65. The number of hydrogen-bond donors (Lipinski definition) is 0. The highest BCUT2D eigenvalue weighted by atomic mass is 32.2. The molecule has 0 bridgehead atoms. The van der Waals surface area contributed by atoms with E-state index in [1.807, 2.05) is 20.2 Å². The third kappa shape index (κ3) is 4.09. The predicted octanol–water partition coefficient (Wildman–Crippen LogP) is 1.76. The summed E-state index contributed by atoms with van der Waals surface area (Å²) in [5.41, 5.74) is 0. The quantitative estimate of drug-likeness (QED) is 0.333. The van der Waals surface area contributed by atoms with Gasteiger partial charge in [0, 0.05) is 13.2 Å². The van der Waals surface area contributed by atoms with Crippen molar-refractivity contribution < 1.29 is 0 Å². The monoisotopic (exact) mass is 144 g/mol. The summed E-state index contributed by atoms with van der Waals surface area (Å²) in [6, 6.07) is 0. The van der Waals surface area contributed by atoms with Crippen LogP contribution in [-0.4, -0.2) is 23.4 Å². The summed E-state index contributed by atoms with van der Waals surface area (Å²) in [5.74, 6) is 0. The summed E-state index contributed by atoms with van der Waals surface area (Å²) in [4.78, 5) is 0. The van der Waals surface area contributed by atoms with Gasteiger partial charge >= 0.3 is 0 Å². The third-order valence-electron chi connectivity index (χ3n) is 0.858. The number of rotatable bonds is 2. The first-order chi connectivity index (χ1) is 4.20. The van der Waals surface area contributed by atoms with Gasteiger partial charge in [0.15, 0.2) is 0 Å². The second kappa shape index (κ2) is 4.44. The van der Waals surface area contributed by atoms with Crippen LogP contribution < -0.4 is 0 Å². The number of hydrazone groups is 1. The molecule has 0 radical (unpaired) electrons. The molecular formula is C6H12N2S. The van der Waals surface area contributed by atoms with Crippen LogP contribution in [0.1, 0.15) is 6.92 Å². The average Bonchev–Trinajstić information content (AvgIpc) is 1.87. The van der Waals surface area contributed by atoms with Crippen molar-refractivity contribution >= 4 is 16.8 Å². The standard InChI is InChI=1S/C6H12N2S/c1-5-8(3)7-6(2)9-4/h5H,1H2,2-4H3. The SMILES string of the molecule is C=CN(C)N=C(C)SC. The highest BCUT2D eigenvalue weighted by Gasteiger charge is 1.85. The molecule has 0 aliphatic rings. The van der Waals surface area contributed by atoms with Crippen LogP contribution >= 0.6 is 11.8 Å². The molecule has 0 rings (SSSR count). The second-order valence-electron chi connectivity index (χ2n) is 1.58. The van der Waals surface area contributed by atoms with Crippen LogP contribution in [0.25, 0.3) is 0 Å². The highest BCUT2D eigenvalue weighted by Crippen LogP contribution is 1.97. The van der Waals surface area contributed by atoms with Gasteiger partial charge in [-0.2, -0.15) is 5.10 Å². The van der Waals surface area contributed by atoms with E-state index in [4.69, 9.17) is 0 Å². The lowest BCUT2D eigenvalue weighted by Crippen LogP contribution is -2.02. The average molecular weight is 144 g/mol. The second-order valence-corrected chi connectivity index (χ2v) is 2.58. The molecule has 0 aliphatic heterocycles. The summed E-state index contributed by atoms with van der Waals surface area (Å²) < 4.78 is 0. The van der Waals surface area contributed by atoms with Crippen LogP contribution in [-0.2, 0) is 0 Å². The fourth-order valence-corrected chi connectivity index (χ4v) is 0.514. The third-order valence-corrected chi connectivity index (χ3v) is 1.53. The summed E-state index contributed by atoms with van der Waals surface area (Å²) in [6.45, 7) is 5.52. The van der Waals surface area contributed by atoms with Gasteiger partial charge in [-0.3, -0.25) is 5.01 Å². The molecule has 0 aromatic heterocycles. The lowest BCUT2D eigenvalue weighted by molar-refractivity contribution is 0.493. The van der Waals surface area contributed by atoms with Crippen LogP contribution in [0.4, 0.5) is 0 Å². The minimum absolute atomic E-state index is 1.04. The zero-order chi connectivity index (χ0) is 7.28. The molecular weight excluding hydrogens is 132 g/mol. The number of hydrogen-bond acceptors (Lipinski definition) is 3. The molecule has 52 valence electrons. The molecule has 0 N–H and O–H groups in total. The highest BCUT2D eigenvalue weighted by molar-refractivity contribution is 8.13. The molecule has 0 fully saturated rings. The largest absolute Gasteiger partial charge is 0.276 e. The van der Waals surface area contributed by atoms with Gasteiger partial charge in [-0.1, -0.05) is 6.58 Å². The van der Waals surface area contributed by atoms with Crippen molar-refractivity contribution in [1.29, 1.82) is 0 Å². The van der Waals surface area contributed by atoms with E-state index in [0.717, 1.165) is 5.04 Å². The lowest BCUT2D eigenvalue weighted by atomic mass is 10.9. The maximum atomic E-state index is 4.11. The van der Waals surface area contributed by atoms with Crippen molar-refractivity contribution in [2.24, 2.45) is 5.10 Å². The van der Waals surface area contributed by atoms with Gasteiger partial charge in [-0.15, -0.1) is 11.8 Å². The molecule has 0 aromatic rings. The Kier molecular flexibility index (Phi) is 4.22. The molecule has 0 aromatic carbocycles. The summed E-state index contributed by atoms with van der Waals surface area (Å²) in [5, 5.41) is 6.83. The van der Waals surface area contributed by atoms with Crippen molar-refractivity contribution in [3.05, 3.63) is 12.8 Å². The van der Waals surface area contributed by atoms with Crippen molar-refractivity contribution in [3.8, 4) is 0 Å². The Bertz CT molecular complexity index is 120. The smallest absolute Gasteiger partial charge is 0.0903 e. The first kappa shape index (κ1) is 8.56. The zero-order valence-electron chi connectivity index (χ0n) is 6.09. The van der Waals surface area contributed by atoms with E-state index in [1.54, 1.807) is 23.0 Å². The topological polar surface area (TPSA) is 15.6 Å². The van der Waals surface area contributed by atoms with Crippen molar-refractivity contribution in [2.45, 2.75) is 6.92 Å². The fraction of sp³-hybridized carbons (Fsp3) is 0.500. The Hall–Kier alpha value is -0.440.